The van der Waals surface area contributed by atoms with Gasteiger partial charge in [0.05, 0.1) is 28.3 Å². The van der Waals surface area contributed by atoms with Crippen molar-refractivity contribution >= 4 is 46.0 Å². The number of nitrogens with zero attached hydrogens (tertiary/aromatic N) is 4. The van der Waals surface area contributed by atoms with E-state index in [2.05, 4.69) is 30.9 Å². The number of fused-ring (bicyclic) bond motifs is 1. The van der Waals surface area contributed by atoms with Crippen LogP contribution in [0.15, 0.2) is 60.8 Å². The molecule has 0 fully saturated rings. The highest BCUT2D eigenvalue weighted by molar-refractivity contribution is 6.04. The summed E-state index contributed by atoms with van der Waals surface area (Å²) in [5, 5.41) is 18.5. The molecule has 0 aliphatic heterocycles. The van der Waals surface area contributed by atoms with Gasteiger partial charge >= 0.3 is 0 Å². The van der Waals surface area contributed by atoms with E-state index in [0.717, 1.165) is 28.0 Å². The normalized spacial score (nSPS) is 11.3. The van der Waals surface area contributed by atoms with Crippen LogP contribution in [0.25, 0.3) is 23.1 Å². The molecule has 0 saturated carbocycles. The molecule has 36 heavy (non-hydrogen) atoms. The average Bonchev–Trinajstić information content (AvgIpc) is 3.42. The SMILES string of the molecule is Cc1cc(C(=O)Nc2cc(Nc3ccc4c(/C=C/c5ccccn5)n[nH]c4c3)c(F)cc2C)n(C)n1. The molecule has 0 saturated heterocycles. The van der Waals surface area contributed by atoms with Crippen molar-refractivity contribution in [2.45, 2.75) is 13.8 Å². The van der Waals surface area contributed by atoms with Crippen LogP contribution in [0.3, 0.4) is 0 Å². The second-order valence-electron chi connectivity index (χ2n) is 8.48. The molecule has 8 nitrogen and oxygen atoms in total. The zero-order chi connectivity index (χ0) is 25.2. The van der Waals surface area contributed by atoms with Gasteiger partial charge in [0.1, 0.15) is 11.5 Å². The number of aromatic amines is 1. The molecule has 0 unspecified atom stereocenters. The number of carbonyl (C=O) groups is 1. The Morgan fingerprint density at radius 3 is 2.67 bits per heavy atom. The molecule has 0 atom stereocenters. The van der Waals surface area contributed by atoms with Crippen LogP contribution in [0.1, 0.15) is 33.1 Å². The number of carbonyl (C=O) groups excluding carboxylic acids is 1. The standard InChI is InChI=1S/C27H24FN7O/c1-16-12-21(28)25(15-23(16)31-27(36)26-13-17(2)34-35(26)3)30-19-7-9-20-22(32-33-24(20)14-19)10-8-18-6-4-5-11-29-18/h4-15,30H,1-3H3,(H,31,36)(H,32,33)/b10-8+. The number of anilines is 3. The van der Waals surface area contributed by atoms with Crippen molar-refractivity contribution in [3.8, 4) is 0 Å². The maximum Gasteiger partial charge on any atom is 0.273 e. The first kappa shape index (κ1) is 23.0. The number of amides is 1. The average molecular weight is 482 g/mol. The molecule has 5 aromatic rings. The van der Waals surface area contributed by atoms with E-state index in [4.69, 9.17) is 0 Å². The van der Waals surface area contributed by atoms with Gasteiger partial charge in [-0.3, -0.25) is 19.6 Å². The number of benzene rings is 2. The molecular formula is C27H24FN7O. The molecule has 9 heteroatoms. The van der Waals surface area contributed by atoms with Crippen molar-refractivity contribution < 1.29 is 9.18 Å². The predicted molar refractivity (Wildman–Crippen MR) is 140 cm³/mol. The Bertz CT molecular complexity index is 1600. The molecule has 0 aliphatic carbocycles. The van der Waals surface area contributed by atoms with Gasteiger partial charge in [0.15, 0.2) is 0 Å². The zero-order valence-electron chi connectivity index (χ0n) is 20.0. The van der Waals surface area contributed by atoms with Crippen LogP contribution < -0.4 is 10.6 Å². The van der Waals surface area contributed by atoms with Gasteiger partial charge in [-0.05, 0) is 80.1 Å². The van der Waals surface area contributed by atoms with E-state index in [1.54, 1.807) is 32.3 Å². The number of pyridine rings is 1. The van der Waals surface area contributed by atoms with E-state index in [9.17, 15) is 9.18 Å². The number of hydrogen-bond donors (Lipinski definition) is 3. The van der Waals surface area contributed by atoms with E-state index >= 15 is 0 Å². The van der Waals surface area contributed by atoms with Gasteiger partial charge in [-0.1, -0.05) is 6.07 Å². The van der Waals surface area contributed by atoms with Gasteiger partial charge in [-0.15, -0.1) is 0 Å². The van der Waals surface area contributed by atoms with Crippen LogP contribution in [0.2, 0.25) is 0 Å². The number of rotatable bonds is 6. The lowest BCUT2D eigenvalue weighted by molar-refractivity contribution is 0.101. The van der Waals surface area contributed by atoms with Gasteiger partial charge < -0.3 is 10.6 Å². The zero-order valence-corrected chi connectivity index (χ0v) is 20.0. The van der Waals surface area contributed by atoms with E-state index in [1.807, 2.05) is 55.5 Å². The molecule has 2 aromatic carbocycles. The summed E-state index contributed by atoms with van der Waals surface area (Å²) in [6.07, 6.45) is 5.53. The Hall–Kier alpha value is -4.79. The molecule has 3 N–H and O–H groups in total. The number of halogens is 1. The van der Waals surface area contributed by atoms with E-state index in [-0.39, 0.29) is 11.6 Å². The fourth-order valence-electron chi connectivity index (χ4n) is 3.95. The number of aromatic nitrogens is 5. The minimum Gasteiger partial charge on any atom is -0.353 e. The van der Waals surface area contributed by atoms with Crippen LogP contribution >= 0.6 is 0 Å². The van der Waals surface area contributed by atoms with Crippen LogP contribution in [-0.2, 0) is 7.05 Å². The van der Waals surface area contributed by atoms with Crippen molar-refractivity contribution in [1.29, 1.82) is 0 Å². The van der Waals surface area contributed by atoms with Crippen molar-refractivity contribution in [3.63, 3.8) is 0 Å². The first-order chi connectivity index (χ1) is 17.4. The fourth-order valence-corrected chi connectivity index (χ4v) is 3.95. The van der Waals surface area contributed by atoms with Gasteiger partial charge in [-0.2, -0.15) is 10.2 Å². The molecule has 3 aromatic heterocycles. The molecule has 180 valence electrons. The van der Waals surface area contributed by atoms with Crippen LogP contribution in [0, 0.1) is 19.7 Å². The lowest BCUT2D eigenvalue weighted by Crippen LogP contribution is -2.17. The molecule has 3 heterocycles. The minimum atomic E-state index is -0.425. The van der Waals surface area contributed by atoms with Gasteiger partial charge in [0.25, 0.3) is 5.91 Å². The molecule has 0 spiro atoms. The third-order valence-corrected chi connectivity index (χ3v) is 5.77. The minimum absolute atomic E-state index is 0.242. The Balaban J connectivity index is 1.37. The van der Waals surface area contributed by atoms with E-state index in [1.165, 1.54) is 10.7 Å². The predicted octanol–water partition coefficient (Wildman–Crippen LogP) is 5.61. The summed E-state index contributed by atoms with van der Waals surface area (Å²) in [6.45, 7) is 3.56. The maximum absolute atomic E-state index is 14.8. The highest BCUT2D eigenvalue weighted by Gasteiger charge is 2.15. The summed E-state index contributed by atoms with van der Waals surface area (Å²) in [4.78, 5) is 17.0. The van der Waals surface area contributed by atoms with E-state index < -0.39 is 5.82 Å². The van der Waals surface area contributed by atoms with Crippen LogP contribution in [-0.4, -0.2) is 30.9 Å². The van der Waals surface area contributed by atoms with Gasteiger partial charge in [0.2, 0.25) is 0 Å². The van der Waals surface area contributed by atoms with Gasteiger partial charge in [-0.25, -0.2) is 4.39 Å². The van der Waals surface area contributed by atoms with E-state index in [0.29, 0.717) is 22.6 Å². The topological polar surface area (TPSA) is 101 Å². The summed E-state index contributed by atoms with van der Waals surface area (Å²) in [5.74, 6) is -0.741. The van der Waals surface area contributed by atoms with Crippen molar-refractivity contribution in [2.24, 2.45) is 7.05 Å². The van der Waals surface area contributed by atoms with Crippen molar-refractivity contribution in [1.82, 2.24) is 25.0 Å². The number of aryl methyl sites for hydroxylation is 3. The summed E-state index contributed by atoms with van der Waals surface area (Å²) in [5.41, 5.74) is 5.61. The number of H-pyrrole nitrogens is 1. The molecule has 1 amide bonds. The number of nitrogens with one attached hydrogen (secondary N) is 3. The Morgan fingerprint density at radius 1 is 1.06 bits per heavy atom. The summed E-state index contributed by atoms with van der Waals surface area (Å²) < 4.78 is 16.3. The van der Waals surface area contributed by atoms with Crippen molar-refractivity contribution in [3.05, 3.63) is 95.0 Å². The van der Waals surface area contributed by atoms with Crippen molar-refractivity contribution in [2.75, 3.05) is 10.6 Å². The third kappa shape index (κ3) is 4.72. The first-order valence-corrected chi connectivity index (χ1v) is 11.3. The largest absolute Gasteiger partial charge is 0.353 e. The molecule has 0 aliphatic rings. The highest BCUT2D eigenvalue weighted by atomic mass is 19.1. The molecule has 0 radical (unpaired) electrons. The fraction of sp³-hybridized carbons (Fsp3) is 0.111. The van der Waals surface area contributed by atoms with Gasteiger partial charge in [0, 0.05) is 30.0 Å². The monoisotopic (exact) mass is 481 g/mol. The maximum atomic E-state index is 14.8. The molecule has 0 bridgehead atoms. The quantitative estimate of drug-likeness (QED) is 0.293. The number of hydrogen-bond acceptors (Lipinski definition) is 5. The third-order valence-electron chi connectivity index (χ3n) is 5.77. The van der Waals surface area contributed by atoms with Crippen LogP contribution in [0.5, 0.6) is 0 Å². The molecular weight excluding hydrogens is 457 g/mol. The van der Waals surface area contributed by atoms with Crippen LogP contribution in [0.4, 0.5) is 21.5 Å². The smallest absolute Gasteiger partial charge is 0.273 e. The highest BCUT2D eigenvalue weighted by Crippen LogP contribution is 2.29. The Kier molecular flexibility index (Phi) is 6.03. The summed E-state index contributed by atoms with van der Waals surface area (Å²) in [7, 11) is 1.71. The first-order valence-electron chi connectivity index (χ1n) is 11.3. The Labute approximate surface area is 206 Å². The second-order valence-corrected chi connectivity index (χ2v) is 8.48. The second kappa shape index (κ2) is 9.46. The Morgan fingerprint density at radius 2 is 1.92 bits per heavy atom. The lowest BCUT2D eigenvalue weighted by Gasteiger charge is -2.13. The summed E-state index contributed by atoms with van der Waals surface area (Å²) in [6, 6.07) is 16.0. The molecule has 5 rings (SSSR count). The summed E-state index contributed by atoms with van der Waals surface area (Å²) >= 11 is 0. The lowest BCUT2D eigenvalue weighted by atomic mass is 10.1.